The molecule has 3 aromatic carbocycles. The van der Waals surface area contributed by atoms with Crippen LogP contribution in [0.25, 0.3) is 39.1 Å². The molecule has 34 heavy (non-hydrogen) atoms. The molecule has 0 aliphatic carbocycles. The van der Waals surface area contributed by atoms with E-state index in [0.717, 1.165) is 39.0 Å². The molecule has 0 aliphatic heterocycles. The highest BCUT2D eigenvalue weighted by atomic mass is 16.1. The van der Waals surface area contributed by atoms with Crippen molar-refractivity contribution < 1.29 is 0 Å². The zero-order valence-corrected chi connectivity index (χ0v) is 18.6. The lowest BCUT2D eigenvalue weighted by Crippen LogP contribution is -2.26. The van der Waals surface area contributed by atoms with Gasteiger partial charge in [-0.25, -0.2) is 14.2 Å². The van der Waals surface area contributed by atoms with Crippen LogP contribution in [0, 0.1) is 6.92 Å². The maximum Gasteiger partial charge on any atom is 0.293 e. The van der Waals surface area contributed by atoms with Gasteiger partial charge >= 0.3 is 0 Å². The van der Waals surface area contributed by atoms with E-state index in [1.165, 1.54) is 4.68 Å². The molecule has 0 saturated heterocycles. The van der Waals surface area contributed by atoms with E-state index < -0.39 is 0 Å². The minimum atomic E-state index is -0.216. The molecule has 6 heteroatoms. The Hall–Kier alpha value is -4.58. The third kappa shape index (κ3) is 3.36. The Morgan fingerprint density at radius 3 is 2.06 bits per heavy atom. The van der Waals surface area contributed by atoms with Crippen molar-refractivity contribution in [1.82, 2.24) is 24.4 Å². The van der Waals surface area contributed by atoms with E-state index in [9.17, 15) is 4.79 Å². The molecule has 0 bridgehead atoms. The summed E-state index contributed by atoms with van der Waals surface area (Å²) in [6.45, 7) is 2.31. The van der Waals surface area contributed by atoms with Crippen molar-refractivity contribution in [1.29, 1.82) is 0 Å². The van der Waals surface area contributed by atoms with Gasteiger partial charge in [-0.2, -0.15) is 10.2 Å². The average molecular weight is 444 g/mol. The fourth-order valence-electron chi connectivity index (χ4n) is 4.35. The zero-order valence-electron chi connectivity index (χ0n) is 18.6. The zero-order chi connectivity index (χ0) is 23.1. The fraction of sp³-hybridized carbons (Fsp3) is 0.0714. The molecule has 6 nitrogen and oxygen atoms in total. The maximum atomic E-state index is 13.6. The molecule has 6 rings (SSSR count). The predicted molar refractivity (Wildman–Crippen MR) is 134 cm³/mol. The van der Waals surface area contributed by atoms with Crippen molar-refractivity contribution in [3.05, 3.63) is 119 Å². The van der Waals surface area contributed by atoms with Gasteiger partial charge in [-0.05, 0) is 18.6 Å². The van der Waals surface area contributed by atoms with Crippen molar-refractivity contribution in [3.8, 4) is 22.6 Å². The van der Waals surface area contributed by atoms with Crippen LogP contribution in [0.3, 0.4) is 0 Å². The van der Waals surface area contributed by atoms with Crippen molar-refractivity contribution in [2.75, 3.05) is 0 Å². The van der Waals surface area contributed by atoms with Crippen LogP contribution in [-0.4, -0.2) is 24.4 Å². The first-order chi connectivity index (χ1) is 16.7. The molecule has 0 amide bonds. The van der Waals surface area contributed by atoms with E-state index in [1.54, 1.807) is 0 Å². The first kappa shape index (κ1) is 20.1. The lowest BCUT2D eigenvalue weighted by molar-refractivity contribution is 0.636. The largest absolute Gasteiger partial charge is 0.293 e. The molecule has 3 heterocycles. The van der Waals surface area contributed by atoms with E-state index in [1.807, 2.05) is 109 Å². The number of hydrogen-bond acceptors (Lipinski definition) is 4. The van der Waals surface area contributed by atoms with Crippen LogP contribution in [0.1, 0.15) is 11.3 Å². The molecule has 0 spiro atoms. The van der Waals surface area contributed by atoms with Gasteiger partial charge in [-0.1, -0.05) is 91.0 Å². The van der Waals surface area contributed by atoms with Gasteiger partial charge < -0.3 is 0 Å². The Kier molecular flexibility index (Phi) is 4.77. The van der Waals surface area contributed by atoms with Crippen molar-refractivity contribution in [3.63, 3.8) is 0 Å². The lowest BCUT2D eigenvalue weighted by Gasteiger charge is -2.12. The van der Waals surface area contributed by atoms with E-state index in [-0.39, 0.29) is 5.56 Å². The van der Waals surface area contributed by atoms with E-state index in [0.29, 0.717) is 17.9 Å². The highest BCUT2D eigenvalue weighted by Gasteiger charge is 2.19. The van der Waals surface area contributed by atoms with Gasteiger partial charge in [0.05, 0.1) is 28.8 Å². The topological polar surface area (TPSA) is 65.1 Å². The summed E-state index contributed by atoms with van der Waals surface area (Å²) < 4.78 is 3.33. The molecule has 0 aliphatic rings. The smallest absolute Gasteiger partial charge is 0.265 e. The first-order valence-corrected chi connectivity index (χ1v) is 11.1. The molecule has 6 aromatic rings. The van der Waals surface area contributed by atoms with Gasteiger partial charge in [0.25, 0.3) is 5.56 Å². The molecule has 0 radical (unpaired) electrons. The SMILES string of the molecule is Cc1nn(Cc2ccccc2)c(=O)c2nc(-c3ccccc3)n3nc(-c4ccccc4)cc3c12. The number of aromatic nitrogens is 5. The van der Waals surface area contributed by atoms with Crippen LogP contribution >= 0.6 is 0 Å². The Bertz CT molecular complexity index is 1690. The Morgan fingerprint density at radius 1 is 0.765 bits per heavy atom. The van der Waals surface area contributed by atoms with Crippen LogP contribution in [-0.2, 0) is 6.54 Å². The molecule has 0 N–H and O–H groups in total. The molecular weight excluding hydrogens is 422 g/mol. The normalized spacial score (nSPS) is 11.3. The second-order valence-corrected chi connectivity index (χ2v) is 8.25. The monoisotopic (exact) mass is 443 g/mol. The first-order valence-electron chi connectivity index (χ1n) is 11.1. The average Bonchev–Trinajstić information content (AvgIpc) is 3.33. The van der Waals surface area contributed by atoms with Crippen LogP contribution < -0.4 is 5.56 Å². The predicted octanol–water partition coefficient (Wildman–Crippen LogP) is 5.13. The fourth-order valence-corrected chi connectivity index (χ4v) is 4.35. The molecule has 0 fully saturated rings. The standard InChI is InChI=1S/C28H21N5O/c1-19-25-24-17-23(21-13-7-3-8-14-21)31-33(24)27(22-15-9-4-10-16-22)29-26(25)28(34)32(30-19)18-20-11-5-2-6-12-20/h2-17H,18H2,1H3. The summed E-state index contributed by atoms with van der Waals surface area (Å²) in [5.74, 6) is 0.624. The number of fused-ring (bicyclic) bond motifs is 3. The van der Waals surface area contributed by atoms with Gasteiger partial charge in [0.1, 0.15) is 5.52 Å². The lowest BCUT2D eigenvalue weighted by atomic mass is 10.1. The van der Waals surface area contributed by atoms with E-state index >= 15 is 0 Å². The summed E-state index contributed by atoms with van der Waals surface area (Å²) >= 11 is 0. The van der Waals surface area contributed by atoms with Crippen molar-refractivity contribution >= 4 is 16.4 Å². The number of rotatable bonds is 4. The number of aryl methyl sites for hydroxylation is 1. The third-order valence-corrected chi connectivity index (χ3v) is 5.97. The van der Waals surface area contributed by atoms with Gasteiger partial charge in [0.2, 0.25) is 0 Å². The van der Waals surface area contributed by atoms with Crippen molar-refractivity contribution in [2.24, 2.45) is 0 Å². The summed E-state index contributed by atoms with van der Waals surface area (Å²) in [6, 6.07) is 31.7. The second kappa shape index (κ2) is 8.08. The quantitative estimate of drug-likeness (QED) is 0.379. The number of nitrogens with zero attached hydrogens (tertiary/aromatic N) is 5. The second-order valence-electron chi connectivity index (χ2n) is 8.25. The Balaban J connectivity index is 1.66. The van der Waals surface area contributed by atoms with Crippen LogP contribution in [0.15, 0.2) is 102 Å². The molecule has 3 aromatic heterocycles. The van der Waals surface area contributed by atoms with Crippen LogP contribution in [0.2, 0.25) is 0 Å². The molecule has 0 saturated carbocycles. The maximum absolute atomic E-state index is 13.6. The highest BCUT2D eigenvalue weighted by Crippen LogP contribution is 2.29. The highest BCUT2D eigenvalue weighted by molar-refractivity contribution is 5.97. The summed E-state index contributed by atoms with van der Waals surface area (Å²) in [5, 5.41) is 10.3. The molecular formula is C28H21N5O. The van der Waals surface area contributed by atoms with Gasteiger partial charge in [-0.15, -0.1) is 0 Å². The minimum Gasteiger partial charge on any atom is -0.265 e. The van der Waals surface area contributed by atoms with E-state index in [2.05, 4.69) is 5.10 Å². The number of benzene rings is 3. The molecule has 0 unspecified atom stereocenters. The molecule has 0 atom stereocenters. The minimum absolute atomic E-state index is 0.216. The third-order valence-electron chi connectivity index (χ3n) is 5.97. The summed E-state index contributed by atoms with van der Waals surface area (Å²) in [5.41, 5.74) is 5.46. The Labute approximate surface area is 195 Å². The summed E-state index contributed by atoms with van der Waals surface area (Å²) in [4.78, 5) is 18.5. The van der Waals surface area contributed by atoms with Crippen LogP contribution in [0.5, 0.6) is 0 Å². The van der Waals surface area contributed by atoms with E-state index in [4.69, 9.17) is 10.1 Å². The Morgan fingerprint density at radius 2 is 1.38 bits per heavy atom. The molecule has 164 valence electrons. The van der Waals surface area contributed by atoms with Gasteiger partial charge in [0.15, 0.2) is 5.82 Å². The summed E-state index contributed by atoms with van der Waals surface area (Å²) in [6.07, 6.45) is 0. The van der Waals surface area contributed by atoms with Gasteiger partial charge in [-0.3, -0.25) is 4.79 Å². The number of hydrogen-bond donors (Lipinski definition) is 0. The van der Waals surface area contributed by atoms with Crippen LogP contribution in [0.4, 0.5) is 0 Å². The summed E-state index contributed by atoms with van der Waals surface area (Å²) in [7, 11) is 0. The van der Waals surface area contributed by atoms with Gasteiger partial charge in [0, 0.05) is 11.1 Å². The van der Waals surface area contributed by atoms with Crippen molar-refractivity contribution in [2.45, 2.75) is 13.5 Å².